The fourth-order valence-electron chi connectivity index (χ4n) is 2.40. The summed E-state index contributed by atoms with van der Waals surface area (Å²) in [6.07, 6.45) is 2.10. The van der Waals surface area contributed by atoms with Crippen LogP contribution in [0.5, 0.6) is 0 Å². The highest BCUT2D eigenvalue weighted by atomic mass is 16.5. The summed E-state index contributed by atoms with van der Waals surface area (Å²) < 4.78 is 12.9. The van der Waals surface area contributed by atoms with E-state index in [1.807, 2.05) is 22.9 Å². The highest BCUT2D eigenvalue weighted by molar-refractivity contribution is 5.73. The van der Waals surface area contributed by atoms with Crippen molar-refractivity contribution in [3.63, 3.8) is 0 Å². The third kappa shape index (κ3) is 2.99. The number of rotatable bonds is 7. The molecule has 108 valence electrons. The second-order valence-electron chi connectivity index (χ2n) is 5.86. The average molecular weight is 275 g/mol. The molecule has 5 heteroatoms. The van der Waals surface area contributed by atoms with E-state index in [0.29, 0.717) is 0 Å². The molecule has 1 aliphatic heterocycles. The normalized spacial score (nSPS) is 17.2. The number of nitrogens with zero attached hydrogens (tertiary/aromatic N) is 3. The van der Waals surface area contributed by atoms with Crippen LogP contribution in [0.3, 0.4) is 0 Å². The zero-order valence-corrected chi connectivity index (χ0v) is 11.9. The molecule has 1 aromatic carbocycles. The molecule has 1 aromatic heterocycles. The quantitative estimate of drug-likeness (QED) is 0.727. The van der Waals surface area contributed by atoms with Crippen LogP contribution in [0.4, 0.5) is 0 Å². The summed E-state index contributed by atoms with van der Waals surface area (Å²) in [4.78, 5) is 0. The van der Waals surface area contributed by atoms with E-state index in [1.54, 1.807) is 0 Å². The van der Waals surface area contributed by atoms with Gasteiger partial charge in [-0.2, -0.15) is 0 Å². The molecule has 0 spiro atoms. The molecule has 0 bridgehead atoms. The highest BCUT2D eigenvalue weighted by Gasteiger charge is 2.33. The van der Waals surface area contributed by atoms with E-state index in [-0.39, 0.29) is 5.41 Å². The molecule has 0 unspecified atom stereocenters. The van der Waals surface area contributed by atoms with Gasteiger partial charge in [-0.25, -0.2) is 4.68 Å². The first kappa shape index (κ1) is 13.5. The summed E-state index contributed by atoms with van der Waals surface area (Å²) in [7, 11) is 0. The zero-order chi connectivity index (χ0) is 13.8. The maximum absolute atomic E-state index is 5.72. The molecule has 1 fully saturated rings. The van der Waals surface area contributed by atoms with Crippen LogP contribution >= 0.6 is 0 Å². The van der Waals surface area contributed by atoms with Gasteiger partial charge in [0.1, 0.15) is 5.52 Å². The third-order valence-electron chi connectivity index (χ3n) is 3.68. The summed E-state index contributed by atoms with van der Waals surface area (Å²) in [5.41, 5.74) is 2.32. The Balaban J connectivity index is 1.37. The van der Waals surface area contributed by atoms with Gasteiger partial charge in [-0.3, -0.25) is 0 Å². The van der Waals surface area contributed by atoms with Crippen LogP contribution in [0.2, 0.25) is 0 Å². The Hall–Kier alpha value is -1.46. The van der Waals surface area contributed by atoms with Crippen molar-refractivity contribution in [1.29, 1.82) is 0 Å². The van der Waals surface area contributed by atoms with Gasteiger partial charge in [-0.05, 0) is 25.0 Å². The largest absolute Gasteiger partial charge is 0.381 e. The van der Waals surface area contributed by atoms with Gasteiger partial charge in [0.15, 0.2) is 0 Å². The van der Waals surface area contributed by atoms with Crippen LogP contribution < -0.4 is 0 Å². The number of hydrogen-bond acceptors (Lipinski definition) is 4. The van der Waals surface area contributed by atoms with Crippen LogP contribution in [-0.2, 0) is 16.0 Å². The molecule has 0 saturated carbocycles. The fraction of sp³-hybridized carbons (Fsp3) is 0.600. The van der Waals surface area contributed by atoms with Crippen molar-refractivity contribution in [2.45, 2.75) is 26.3 Å². The van der Waals surface area contributed by atoms with Gasteiger partial charge in [0, 0.05) is 18.6 Å². The molecule has 0 radical (unpaired) electrons. The fourth-order valence-corrected chi connectivity index (χ4v) is 2.40. The number of ether oxygens (including phenoxy) is 2. The molecule has 2 heterocycles. The number of para-hydroxylation sites is 1. The van der Waals surface area contributed by atoms with Crippen LogP contribution in [0.1, 0.15) is 19.8 Å². The number of unbranched alkanes of at least 4 members (excludes halogenated alkanes) is 1. The van der Waals surface area contributed by atoms with Gasteiger partial charge in [-0.15, -0.1) is 5.10 Å². The Kier molecular flexibility index (Phi) is 3.98. The van der Waals surface area contributed by atoms with Crippen LogP contribution in [-0.4, -0.2) is 41.4 Å². The Bertz CT molecular complexity index is 563. The lowest BCUT2D eigenvalue weighted by atomic mass is 9.90. The average Bonchev–Trinajstić information content (AvgIpc) is 2.84. The Morgan fingerprint density at radius 1 is 1.30 bits per heavy atom. The molecule has 1 aliphatic rings. The van der Waals surface area contributed by atoms with Gasteiger partial charge in [-0.1, -0.05) is 24.3 Å². The van der Waals surface area contributed by atoms with Crippen LogP contribution in [0.15, 0.2) is 24.3 Å². The lowest BCUT2D eigenvalue weighted by molar-refractivity contribution is -0.138. The van der Waals surface area contributed by atoms with Gasteiger partial charge in [0.25, 0.3) is 0 Å². The van der Waals surface area contributed by atoms with E-state index in [1.165, 1.54) is 0 Å². The highest BCUT2D eigenvalue weighted by Crippen LogP contribution is 2.26. The lowest BCUT2D eigenvalue weighted by Crippen LogP contribution is -2.43. The molecule has 1 saturated heterocycles. The van der Waals surface area contributed by atoms with Gasteiger partial charge in [0.2, 0.25) is 0 Å². The molecule has 0 amide bonds. The molecule has 20 heavy (non-hydrogen) atoms. The van der Waals surface area contributed by atoms with Crippen molar-refractivity contribution in [2.75, 3.05) is 26.4 Å². The van der Waals surface area contributed by atoms with E-state index < -0.39 is 0 Å². The van der Waals surface area contributed by atoms with E-state index in [9.17, 15) is 0 Å². The summed E-state index contributed by atoms with van der Waals surface area (Å²) in [5, 5.41) is 8.34. The monoisotopic (exact) mass is 275 g/mol. The molecular formula is C15H21N3O2. The smallest absolute Gasteiger partial charge is 0.113 e. The maximum Gasteiger partial charge on any atom is 0.113 e. The summed E-state index contributed by atoms with van der Waals surface area (Å²) in [6.45, 7) is 6.37. The Morgan fingerprint density at radius 3 is 2.95 bits per heavy atom. The number of hydrogen-bond donors (Lipinski definition) is 0. The van der Waals surface area contributed by atoms with E-state index in [2.05, 4.69) is 23.3 Å². The van der Waals surface area contributed by atoms with Crippen molar-refractivity contribution in [2.24, 2.45) is 5.41 Å². The molecule has 0 aliphatic carbocycles. The summed E-state index contributed by atoms with van der Waals surface area (Å²) in [6, 6.07) is 8.05. The molecule has 0 N–H and O–H groups in total. The van der Waals surface area contributed by atoms with Crippen molar-refractivity contribution in [1.82, 2.24) is 15.0 Å². The number of fused-ring (bicyclic) bond motifs is 1. The predicted octanol–water partition coefficient (Wildman–Crippen LogP) is 2.26. The van der Waals surface area contributed by atoms with E-state index in [4.69, 9.17) is 9.47 Å². The van der Waals surface area contributed by atoms with Gasteiger partial charge in [0.05, 0.1) is 25.3 Å². The van der Waals surface area contributed by atoms with Gasteiger partial charge < -0.3 is 9.47 Å². The molecule has 3 rings (SSSR count). The number of aromatic nitrogens is 3. The molecular weight excluding hydrogens is 254 g/mol. The van der Waals surface area contributed by atoms with E-state index in [0.717, 1.165) is 56.8 Å². The first-order valence-corrected chi connectivity index (χ1v) is 7.21. The molecule has 0 atom stereocenters. The van der Waals surface area contributed by atoms with Crippen LogP contribution in [0.25, 0.3) is 11.0 Å². The van der Waals surface area contributed by atoms with Crippen molar-refractivity contribution >= 4 is 11.0 Å². The van der Waals surface area contributed by atoms with Crippen LogP contribution in [0, 0.1) is 5.41 Å². The zero-order valence-electron chi connectivity index (χ0n) is 11.9. The number of aryl methyl sites for hydroxylation is 1. The predicted molar refractivity (Wildman–Crippen MR) is 76.5 cm³/mol. The first-order chi connectivity index (χ1) is 9.77. The second-order valence-corrected chi connectivity index (χ2v) is 5.86. The van der Waals surface area contributed by atoms with Gasteiger partial charge >= 0.3 is 0 Å². The minimum absolute atomic E-state index is 0.252. The Morgan fingerprint density at radius 2 is 2.15 bits per heavy atom. The minimum atomic E-state index is 0.252. The topological polar surface area (TPSA) is 49.2 Å². The van der Waals surface area contributed by atoms with Crippen molar-refractivity contribution in [3.05, 3.63) is 24.3 Å². The third-order valence-corrected chi connectivity index (χ3v) is 3.68. The molecule has 2 aromatic rings. The van der Waals surface area contributed by atoms with Crippen molar-refractivity contribution < 1.29 is 9.47 Å². The summed E-state index contributed by atoms with van der Waals surface area (Å²) >= 11 is 0. The lowest BCUT2D eigenvalue weighted by Gasteiger charge is -2.37. The second kappa shape index (κ2) is 5.89. The Labute approximate surface area is 118 Å². The minimum Gasteiger partial charge on any atom is -0.381 e. The summed E-state index contributed by atoms with van der Waals surface area (Å²) in [5.74, 6) is 0. The number of benzene rings is 1. The standard InChI is InChI=1S/C15H21N3O2/c1-15(11-20-12-15)10-19-9-5-4-8-18-14-7-3-2-6-13(14)16-17-18/h2-3,6-7H,4-5,8-12H2,1H3. The first-order valence-electron chi connectivity index (χ1n) is 7.21. The SMILES string of the molecule is CC1(COCCCCn2nnc3ccccc32)COC1. The van der Waals surface area contributed by atoms with E-state index >= 15 is 0 Å². The molecule has 5 nitrogen and oxygen atoms in total. The maximum atomic E-state index is 5.72. The van der Waals surface area contributed by atoms with Crippen molar-refractivity contribution in [3.8, 4) is 0 Å².